The SMILES string of the molecule is CN(c1ccccc1)c1nc(N)nc2ccc(-c3ccc(Cl)cc3)cc12. The molecular formula is C21H17ClN4. The van der Waals surface area contributed by atoms with E-state index in [9.17, 15) is 0 Å². The fraction of sp³-hybridized carbons (Fsp3) is 0.0476. The predicted molar refractivity (Wildman–Crippen MR) is 109 cm³/mol. The molecule has 0 aliphatic heterocycles. The maximum atomic E-state index is 6.01. The van der Waals surface area contributed by atoms with Gasteiger partial charge in [-0.1, -0.05) is 48.0 Å². The summed E-state index contributed by atoms with van der Waals surface area (Å²) in [7, 11) is 1.98. The van der Waals surface area contributed by atoms with E-state index in [0.717, 1.165) is 38.6 Å². The van der Waals surface area contributed by atoms with Crippen LogP contribution in [0.5, 0.6) is 0 Å². The molecule has 5 heteroatoms. The van der Waals surface area contributed by atoms with E-state index in [1.165, 1.54) is 0 Å². The van der Waals surface area contributed by atoms with Crippen molar-refractivity contribution < 1.29 is 0 Å². The molecule has 0 aliphatic rings. The van der Waals surface area contributed by atoms with Crippen LogP contribution in [0.2, 0.25) is 5.02 Å². The smallest absolute Gasteiger partial charge is 0.222 e. The lowest BCUT2D eigenvalue weighted by Crippen LogP contribution is -2.13. The van der Waals surface area contributed by atoms with E-state index in [1.807, 2.05) is 78.7 Å². The van der Waals surface area contributed by atoms with Crippen molar-refractivity contribution in [1.29, 1.82) is 0 Å². The lowest BCUT2D eigenvalue weighted by molar-refractivity contribution is 1.12. The average Bonchev–Trinajstić information content (AvgIpc) is 2.68. The molecule has 0 atom stereocenters. The molecule has 4 aromatic rings. The van der Waals surface area contributed by atoms with Crippen molar-refractivity contribution in [1.82, 2.24) is 9.97 Å². The molecule has 0 radical (unpaired) electrons. The number of fused-ring (bicyclic) bond motifs is 1. The summed E-state index contributed by atoms with van der Waals surface area (Å²) in [6.07, 6.45) is 0. The van der Waals surface area contributed by atoms with Crippen LogP contribution in [0.15, 0.2) is 72.8 Å². The Balaban J connectivity index is 1.88. The van der Waals surface area contributed by atoms with E-state index >= 15 is 0 Å². The number of anilines is 3. The van der Waals surface area contributed by atoms with Crippen LogP contribution in [0, 0.1) is 0 Å². The second kappa shape index (κ2) is 6.65. The van der Waals surface area contributed by atoms with E-state index in [2.05, 4.69) is 16.0 Å². The van der Waals surface area contributed by atoms with Crippen molar-refractivity contribution >= 4 is 40.0 Å². The van der Waals surface area contributed by atoms with Gasteiger partial charge in [0.25, 0.3) is 0 Å². The van der Waals surface area contributed by atoms with Crippen molar-refractivity contribution in [2.24, 2.45) is 0 Å². The number of nitrogens with zero attached hydrogens (tertiary/aromatic N) is 3. The predicted octanol–water partition coefficient (Wildman–Crippen LogP) is 5.30. The number of benzene rings is 3. The molecular weight excluding hydrogens is 344 g/mol. The molecule has 3 aromatic carbocycles. The van der Waals surface area contributed by atoms with E-state index in [4.69, 9.17) is 17.3 Å². The van der Waals surface area contributed by atoms with Gasteiger partial charge in [0.05, 0.1) is 5.52 Å². The topological polar surface area (TPSA) is 55.0 Å². The highest BCUT2D eigenvalue weighted by molar-refractivity contribution is 6.30. The van der Waals surface area contributed by atoms with Crippen LogP contribution in [0.4, 0.5) is 17.5 Å². The number of halogens is 1. The number of hydrogen-bond acceptors (Lipinski definition) is 4. The van der Waals surface area contributed by atoms with Gasteiger partial charge in [0.2, 0.25) is 5.95 Å². The lowest BCUT2D eigenvalue weighted by Gasteiger charge is -2.20. The fourth-order valence-corrected chi connectivity index (χ4v) is 3.11. The Hall–Kier alpha value is -3.11. The molecule has 4 rings (SSSR count). The summed E-state index contributed by atoms with van der Waals surface area (Å²) in [6.45, 7) is 0. The van der Waals surface area contributed by atoms with Crippen LogP contribution in [-0.2, 0) is 0 Å². The summed E-state index contributed by atoms with van der Waals surface area (Å²) < 4.78 is 0. The van der Waals surface area contributed by atoms with Crippen LogP contribution < -0.4 is 10.6 Å². The van der Waals surface area contributed by atoms with E-state index in [0.29, 0.717) is 0 Å². The standard InChI is InChI=1S/C21H17ClN4/c1-26(17-5-3-2-4-6-17)20-18-13-15(14-7-10-16(22)11-8-14)9-12-19(18)24-21(23)25-20/h2-13H,1H3,(H2,23,24,25). The van der Waals surface area contributed by atoms with Gasteiger partial charge in [-0.15, -0.1) is 0 Å². The molecule has 4 nitrogen and oxygen atoms in total. The van der Waals surface area contributed by atoms with E-state index in [1.54, 1.807) is 0 Å². The van der Waals surface area contributed by atoms with Gasteiger partial charge in [-0.3, -0.25) is 0 Å². The molecule has 0 aliphatic carbocycles. The zero-order valence-electron chi connectivity index (χ0n) is 14.2. The maximum Gasteiger partial charge on any atom is 0.222 e. The summed E-state index contributed by atoms with van der Waals surface area (Å²) >= 11 is 6.01. The second-order valence-electron chi connectivity index (χ2n) is 6.04. The minimum absolute atomic E-state index is 0.259. The van der Waals surface area contributed by atoms with Crippen molar-refractivity contribution in [2.75, 3.05) is 17.7 Å². The number of para-hydroxylation sites is 1. The van der Waals surface area contributed by atoms with Crippen molar-refractivity contribution in [3.8, 4) is 11.1 Å². The van der Waals surface area contributed by atoms with Gasteiger partial charge in [0, 0.05) is 23.1 Å². The molecule has 0 fully saturated rings. The van der Waals surface area contributed by atoms with Crippen LogP contribution in [-0.4, -0.2) is 17.0 Å². The number of nitrogen functional groups attached to an aromatic ring is 1. The molecule has 2 N–H and O–H groups in total. The molecule has 0 saturated carbocycles. The van der Waals surface area contributed by atoms with Gasteiger partial charge in [0.15, 0.2) is 0 Å². The zero-order chi connectivity index (χ0) is 18.1. The first-order chi connectivity index (χ1) is 12.6. The molecule has 1 heterocycles. The average molecular weight is 361 g/mol. The summed E-state index contributed by atoms with van der Waals surface area (Å²) in [4.78, 5) is 10.9. The van der Waals surface area contributed by atoms with Gasteiger partial charge in [-0.05, 0) is 47.5 Å². The van der Waals surface area contributed by atoms with Gasteiger partial charge < -0.3 is 10.6 Å². The maximum absolute atomic E-state index is 6.01. The number of rotatable bonds is 3. The highest BCUT2D eigenvalue weighted by Gasteiger charge is 2.13. The highest BCUT2D eigenvalue weighted by Crippen LogP contribution is 2.32. The van der Waals surface area contributed by atoms with E-state index in [-0.39, 0.29) is 5.95 Å². The Kier molecular flexibility index (Phi) is 4.19. The summed E-state index contributed by atoms with van der Waals surface area (Å²) in [6, 6.07) is 23.9. The third-order valence-corrected chi connectivity index (χ3v) is 4.58. The van der Waals surface area contributed by atoms with Crippen LogP contribution >= 0.6 is 11.6 Å². The molecule has 0 saturated heterocycles. The molecule has 0 bridgehead atoms. The van der Waals surface area contributed by atoms with Crippen molar-refractivity contribution in [2.45, 2.75) is 0 Å². The van der Waals surface area contributed by atoms with Crippen molar-refractivity contribution in [3.63, 3.8) is 0 Å². The molecule has 0 amide bonds. The first-order valence-corrected chi connectivity index (χ1v) is 8.61. The third-order valence-electron chi connectivity index (χ3n) is 4.33. The number of nitrogens with two attached hydrogens (primary N) is 1. The van der Waals surface area contributed by atoms with Crippen molar-refractivity contribution in [3.05, 3.63) is 77.8 Å². The lowest BCUT2D eigenvalue weighted by atomic mass is 10.0. The highest BCUT2D eigenvalue weighted by atomic mass is 35.5. The monoisotopic (exact) mass is 360 g/mol. The Morgan fingerprint density at radius 3 is 2.27 bits per heavy atom. The number of aromatic nitrogens is 2. The Morgan fingerprint density at radius 2 is 1.54 bits per heavy atom. The first kappa shape index (κ1) is 16.4. The Labute approximate surface area is 156 Å². The first-order valence-electron chi connectivity index (χ1n) is 8.24. The molecule has 0 spiro atoms. The van der Waals surface area contributed by atoms with E-state index < -0.39 is 0 Å². The van der Waals surface area contributed by atoms with Crippen LogP contribution in [0.25, 0.3) is 22.0 Å². The quantitative estimate of drug-likeness (QED) is 0.538. The summed E-state index contributed by atoms with van der Waals surface area (Å²) in [5.41, 5.74) is 9.95. The summed E-state index contributed by atoms with van der Waals surface area (Å²) in [5.74, 6) is 1.03. The van der Waals surface area contributed by atoms with Crippen LogP contribution in [0.1, 0.15) is 0 Å². The van der Waals surface area contributed by atoms with Gasteiger partial charge in [-0.2, -0.15) is 4.98 Å². The summed E-state index contributed by atoms with van der Waals surface area (Å²) in [5, 5.41) is 1.66. The minimum Gasteiger partial charge on any atom is -0.368 e. The minimum atomic E-state index is 0.259. The Morgan fingerprint density at radius 1 is 0.846 bits per heavy atom. The normalized spacial score (nSPS) is 10.8. The fourth-order valence-electron chi connectivity index (χ4n) is 2.98. The van der Waals surface area contributed by atoms with Gasteiger partial charge in [0.1, 0.15) is 5.82 Å². The number of hydrogen-bond donors (Lipinski definition) is 1. The van der Waals surface area contributed by atoms with Crippen LogP contribution in [0.3, 0.4) is 0 Å². The largest absolute Gasteiger partial charge is 0.368 e. The third kappa shape index (κ3) is 3.07. The van der Waals surface area contributed by atoms with Gasteiger partial charge in [-0.25, -0.2) is 4.98 Å². The second-order valence-corrected chi connectivity index (χ2v) is 6.48. The zero-order valence-corrected chi connectivity index (χ0v) is 15.0. The molecule has 26 heavy (non-hydrogen) atoms. The Bertz CT molecular complexity index is 1060. The molecule has 128 valence electrons. The molecule has 1 aromatic heterocycles. The molecule has 0 unspecified atom stereocenters. The van der Waals surface area contributed by atoms with Gasteiger partial charge >= 0.3 is 0 Å².